The first-order valence-electron chi connectivity index (χ1n) is 6.78. The highest BCUT2D eigenvalue weighted by atomic mass is 32.1. The van der Waals surface area contributed by atoms with Crippen LogP contribution in [0.1, 0.15) is 22.4 Å². The molecule has 0 atom stereocenters. The summed E-state index contributed by atoms with van der Waals surface area (Å²) in [6.45, 7) is 2.23. The molecule has 0 radical (unpaired) electrons. The van der Waals surface area contributed by atoms with Gasteiger partial charge >= 0.3 is 0 Å². The van der Waals surface area contributed by atoms with Crippen LogP contribution < -0.4 is 5.56 Å². The van der Waals surface area contributed by atoms with Crippen LogP contribution in [0.25, 0.3) is 0 Å². The number of nitrogens with one attached hydrogen (secondary N) is 2. The van der Waals surface area contributed by atoms with Crippen LogP contribution in [-0.2, 0) is 19.5 Å². The Hall–Kier alpha value is -2.16. The molecular weight excluding hydrogens is 282 g/mol. The van der Waals surface area contributed by atoms with Gasteiger partial charge in [-0.05, 0) is 23.8 Å². The maximum Gasteiger partial charge on any atom is 0.256 e. The largest absolute Gasteiger partial charge is 0.335 e. The second-order valence-corrected chi connectivity index (χ2v) is 5.54. The van der Waals surface area contributed by atoms with Crippen LogP contribution in [0.3, 0.4) is 0 Å². The first kappa shape index (κ1) is 13.8. The predicted octanol–water partition coefficient (Wildman–Crippen LogP) is 1.97. The number of terminal acetylenes is 1. The first-order chi connectivity index (χ1) is 10.2. The van der Waals surface area contributed by atoms with Crippen LogP contribution in [0.15, 0.2) is 29.1 Å². The molecule has 2 N–H and O–H groups in total. The Morgan fingerprint density at radius 3 is 2.95 bits per heavy atom. The SMILES string of the molecule is C#Cc1ccccc1CN1CCc2[nH]c(=S)[nH]c(=O)c2C1. The second-order valence-electron chi connectivity index (χ2n) is 5.13. The Morgan fingerprint density at radius 2 is 2.14 bits per heavy atom. The van der Waals surface area contributed by atoms with Gasteiger partial charge in [-0.3, -0.25) is 14.7 Å². The van der Waals surface area contributed by atoms with Crippen LogP contribution in [0.5, 0.6) is 0 Å². The van der Waals surface area contributed by atoms with E-state index in [0.29, 0.717) is 11.3 Å². The van der Waals surface area contributed by atoms with Crippen molar-refractivity contribution >= 4 is 12.2 Å². The van der Waals surface area contributed by atoms with Crippen molar-refractivity contribution in [3.8, 4) is 12.3 Å². The highest BCUT2D eigenvalue weighted by Gasteiger charge is 2.20. The van der Waals surface area contributed by atoms with Gasteiger partial charge in [0.1, 0.15) is 0 Å². The van der Waals surface area contributed by atoms with Gasteiger partial charge < -0.3 is 4.98 Å². The molecule has 0 saturated carbocycles. The van der Waals surface area contributed by atoms with E-state index < -0.39 is 0 Å². The van der Waals surface area contributed by atoms with Crippen molar-refractivity contribution in [2.45, 2.75) is 19.5 Å². The summed E-state index contributed by atoms with van der Waals surface area (Å²) in [6, 6.07) is 7.90. The molecule has 1 aliphatic rings. The van der Waals surface area contributed by atoms with Crippen molar-refractivity contribution in [1.29, 1.82) is 0 Å². The van der Waals surface area contributed by atoms with E-state index in [1.165, 1.54) is 0 Å². The topological polar surface area (TPSA) is 51.9 Å². The van der Waals surface area contributed by atoms with Gasteiger partial charge in [0.2, 0.25) is 0 Å². The van der Waals surface area contributed by atoms with E-state index in [9.17, 15) is 4.79 Å². The zero-order valence-electron chi connectivity index (χ0n) is 11.5. The number of hydrogen-bond acceptors (Lipinski definition) is 3. The Morgan fingerprint density at radius 1 is 1.33 bits per heavy atom. The third-order valence-corrected chi connectivity index (χ3v) is 3.96. The quantitative estimate of drug-likeness (QED) is 0.658. The number of benzene rings is 1. The molecule has 0 fully saturated rings. The Kier molecular flexibility index (Phi) is 3.74. The van der Waals surface area contributed by atoms with Gasteiger partial charge in [-0.2, -0.15) is 0 Å². The van der Waals surface area contributed by atoms with Crippen molar-refractivity contribution in [3.63, 3.8) is 0 Å². The number of hydrogen-bond donors (Lipinski definition) is 2. The van der Waals surface area contributed by atoms with Crippen molar-refractivity contribution in [2.24, 2.45) is 0 Å². The molecule has 0 spiro atoms. The number of aromatic amines is 2. The van der Waals surface area contributed by atoms with Crippen LogP contribution in [0, 0.1) is 17.1 Å². The molecule has 1 aromatic carbocycles. The lowest BCUT2D eigenvalue weighted by molar-refractivity contribution is 0.241. The van der Waals surface area contributed by atoms with Crippen LogP contribution in [-0.4, -0.2) is 21.4 Å². The van der Waals surface area contributed by atoms with Gasteiger partial charge in [0.05, 0.1) is 5.56 Å². The van der Waals surface area contributed by atoms with E-state index >= 15 is 0 Å². The lowest BCUT2D eigenvalue weighted by Gasteiger charge is -2.28. The molecule has 0 unspecified atom stereocenters. The summed E-state index contributed by atoms with van der Waals surface area (Å²) < 4.78 is 0.393. The third-order valence-electron chi connectivity index (χ3n) is 3.76. The number of fused-ring (bicyclic) bond motifs is 1. The van der Waals surface area contributed by atoms with Crippen LogP contribution in [0.2, 0.25) is 0 Å². The van der Waals surface area contributed by atoms with E-state index in [0.717, 1.165) is 41.9 Å². The lowest BCUT2D eigenvalue weighted by atomic mass is 10.0. The van der Waals surface area contributed by atoms with Gasteiger partial charge in [-0.15, -0.1) is 6.42 Å². The number of nitrogens with zero attached hydrogens (tertiary/aromatic N) is 1. The van der Waals surface area contributed by atoms with E-state index in [1.807, 2.05) is 24.3 Å². The fourth-order valence-electron chi connectivity index (χ4n) is 2.69. The fourth-order valence-corrected chi connectivity index (χ4v) is 2.90. The molecule has 2 aromatic rings. The maximum atomic E-state index is 12.0. The van der Waals surface area contributed by atoms with Gasteiger partial charge in [-0.25, -0.2) is 0 Å². The fraction of sp³-hybridized carbons (Fsp3) is 0.250. The highest BCUT2D eigenvalue weighted by Crippen LogP contribution is 2.17. The zero-order valence-corrected chi connectivity index (χ0v) is 12.3. The molecule has 0 bridgehead atoms. The molecule has 21 heavy (non-hydrogen) atoms. The lowest BCUT2D eigenvalue weighted by Crippen LogP contribution is -2.35. The minimum Gasteiger partial charge on any atom is -0.335 e. The zero-order chi connectivity index (χ0) is 14.8. The molecule has 4 nitrogen and oxygen atoms in total. The van der Waals surface area contributed by atoms with Crippen LogP contribution in [0.4, 0.5) is 0 Å². The number of H-pyrrole nitrogens is 2. The standard InChI is InChI=1S/C16H15N3OS/c1-2-11-5-3-4-6-12(11)9-19-8-7-14-13(10-19)15(20)18-16(21)17-14/h1,3-6H,7-10H2,(H2,17,18,20,21). The average Bonchev–Trinajstić information content (AvgIpc) is 2.48. The smallest absolute Gasteiger partial charge is 0.256 e. The number of rotatable bonds is 2. The normalized spacial score (nSPS) is 14.4. The Bertz CT molecular complexity index is 828. The van der Waals surface area contributed by atoms with Crippen LogP contribution >= 0.6 is 12.2 Å². The monoisotopic (exact) mass is 297 g/mol. The van der Waals surface area contributed by atoms with E-state index in [1.54, 1.807) is 0 Å². The summed E-state index contributed by atoms with van der Waals surface area (Å²) in [7, 11) is 0. The maximum absolute atomic E-state index is 12.0. The summed E-state index contributed by atoms with van der Waals surface area (Å²) in [4.78, 5) is 20.0. The summed E-state index contributed by atoms with van der Waals surface area (Å²) in [5, 5.41) is 0. The summed E-state index contributed by atoms with van der Waals surface area (Å²) in [5.74, 6) is 2.71. The summed E-state index contributed by atoms with van der Waals surface area (Å²) in [6.07, 6.45) is 6.33. The molecule has 0 amide bonds. The highest BCUT2D eigenvalue weighted by molar-refractivity contribution is 7.71. The predicted molar refractivity (Wildman–Crippen MR) is 84.4 cm³/mol. The minimum absolute atomic E-state index is 0.0938. The molecule has 2 heterocycles. The van der Waals surface area contributed by atoms with Crippen molar-refractivity contribution in [3.05, 3.63) is 61.8 Å². The van der Waals surface area contributed by atoms with Crippen molar-refractivity contribution < 1.29 is 0 Å². The van der Waals surface area contributed by atoms with Gasteiger partial charge in [0.15, 0.2) is 4.77 Å². The van der Waals surface area contributed by atoms with Crippen molar-refractivity contribution in [1.82, 2.24) is 14.9 Å². The molecular formula is C16H15N3OS. The van der Waals surface area contributed by atoms with Crippen molar-refractivity contribution in [2.75, 3.05) is 6.54 Å². The molecule has 0 saturated heterocycles. The molecule has 1 aliphatic heterocycles. The Balaban J connectivity index is 1.86. The summed E-state index contributed by atoms with van der Waals surface area (Å²) >= 11 is 5.01. The Labute approximate surface area is 127 Å². The third kappa shape index (κ3) is 2.82. The van der Waals surface area contributed by atoms with E-state index in [-0.39, 0.29) is 5.56 Å². The molecule has 0 aliphatic carbocycles. The van der Waals surface area contributed by atoms with E-state index in [2.05, 4.69) is 20.8 Å². The number of aromatic nitrogens is 2. The average molecular weight is 297 g/mol. The summed E-state index contributed by atoms with van der Waals surface area (Å²) in [5.41, 5.74) is 3.65. The van der Waals surface area contributed by atoms with Gasteiger partial charge in [0.25, 0.3) is 5.56 Å². The molecule has 106 valence electrons. The molecule has 1 aromatic heterocycles. The van der Waals surface area contributed by atoms with E-state index in [4.69, 9.17) is 18.6 Å². The van der Waals surface area contributed by atoms with Gasteiger partial charge in [-0.1, -0.05) is 24.1 Å². The first-order valence-corrected chi connectivity index (χ1v) is 7.19. The molecule has 5 heteroatoms. The minimum atomic E-state index is -0.0938. The second kappa shape index (κ2) is 5.68. The van der Waals surface area contributed by atoms with Gasteiger partial charge in [0, 0.05) is 37.3 Å². The molecule has 3 rings (SSSR count).